The molecule has 0 aliphatic carbocycles. The molecule has 7 atom stereocenters. The molecular weight excluding hydrogens is 977 g/mol. The molecule has 1 fully saturated rings. The van der Waals surface area contributed by atoms with Crippen LogP contribution < -0.4 is 43.8 Å². The van der Waals surface area contributed by atoms with Crippen molar-refractivity contribution in [2.75, 3.05) is 13.1 Å². The number of aromatic nitrogens is 3. The number of nitrogens with two attached hydrogens (primary N) is 3. The molecule has 13 N–H and O–H groups in total. The van der Waals surface area contributed by atoms with Gasteiger partial charge in [-0.1, -0.05) is 68.3 Å². The van der Waals surface area contributed by atoms with Crippen LogP contribution in [0.5, 0.6) is 0 Å². The highest BCUT2D eigenvalue weighted by Gasteiger charge is 2.35. The topological polar surface area (TPSA) is 366 Å². The number of benzene rings is 2. The van der Waals surface area contributed by atoms with Crippen LogP contribution in [0.15, 0.2) is 78.3 Å². The van der Waals surface area contributed by atoms with Crippen molar-refractivity contribution in [2.24, 2.45) is 39.9 Å². The van der Waals surface area contributed by atoms with Gasteiger partial charge in [-0.15, -0.1) is 0 Å². The lowest BCUT2D eigenvalue weighted by atomic mass is 9.82. The fraction of sp³-hybridized carbons (Fsp3) is 0.481. The van der Waals surface area contributed by atoms with Crippen LogP contribution in [0.1, 0.15) is 108 Å². The first-order chi connectivity index (χ1) is 36.4. The number of Topliss-reactive ketones (excluding diaryl/α,β-unsaturated/α-hetero) is 4. The normalized spacial score (nSPS) is 20.5. The molecule has 0 radical (unpaired) electrons. The van der Waals surface area contributed by atoms with Crippen molar-refractivity contribution in [3.05, 3.63) is 90.1 Å². The van der Waals surface area contributed by atoms with Crippen LogP contribution in [0, 0.1) is 17.8 Å². The number of guanidine groups is 1. The average Bonchev–Trinajstić information content (AvgIpc) is 4.07. The molecule has 1 aliphatic rings. The summed E-state index contributed by atoms with van der Waals surface area (Å²) in [6.45, 7) is 2.89. The summed E-state index contributed by atoms with van der Waals surface area (Å²) in [6.07, 6.45) is 3.78. The van der Waals surface area contributed by atoms with E-state index < -0.39 is 113 Å². The van der Waals surface area contributed by atoms with Gasteiger partial charge in [-0.2, -0.15) is 0 Å². The van der Waals surface area contributed by atoms with Crippen molar-refractivity contribution in [1.29, 1.82) is 0 Å². The Morgan fingerprint density at radius 2 is 1.57 bits per heavy atom. The number of carbonyl (C=O) groups is 10. The number of rotatable bonds is 20. The third-order valence-electron chi connectivity index (χ3n) is 13.5. The molecule has 22 heteroatoms. The predicted octanol–water partition coefficient (Wildman–Crippen LogP) is 1.59. The highest BCUT2D eigenvalue weighted by Crippen LogP contribution is 2.26. The maximum atomic E-state index is 14.8. The number of carbonyl (C=O) groups excluding carboxylic acids is 10. The molecule has 5 rings (SSSR count). The van der Waals surface area contributed by atoms with E-state index in [9.17, 15) is 47.9 Å². The summed E-state index contributed by atoms with van der Waals surface area (Å²) < 4.78 is 0. The van der Waals surface area contributed by atoms with E-state index in [2.05, 4.69) is 46.5 Å². The smallest absolute Gasteiger partial charge is 0.243 e. The second kappa shape index (κ2) is 29.7. The van der Waals surface area contributed by atoms with Gasteiger partial charge in [0.25, 0.3) is 0 Å². The Morgan fingerprint density at radius 3 is 2.26 bits per heavy atom. The molecule has 0 bridgehead atoms. The molecule has 2 aromatic carbocycles. The Balaban J connectivity index is 1.52. The Bertz CT molecular complexity index is 2680. The van der Waals surface area contributed by atoms with Crippen LogP contribution in [0.25, 0.3) is 10.9 Å². The molecule has 76 heavy (non-hydrogen) atoms. The van der Waals surface area contributed by atoms with Gasteiger partial charge in [0.2, 0.25) is 35.4 Å². The molecule has 4 aromatic rings. The zero-order valence-electron chi connectivity index (χ0n) is 43.2. The highest BCUT2D eigenvalue weighted by molar-refractivity contribution is 5.98. The van der Waals surface area contributed by atoms with E-state index in [1.165, 1.54) is 19.4 Å². The fourth-order valence-electron chi connectivity index (χ4n) is 9.20. The summed E-state index contributed by atoms with van der Waals surface area (Å²) in [7, 11) is 0. The van der Waals surface area contributed by atoms with Crippen molar-refractivity contribution in [3.63, 3.8) is 0 Å². The summed E-state index contributed by atoms with van der Waals surface area (Å²) in [5.74, 6) is -9.75. The molecule has 6 amide bonds. The number of imidazole rings is 1. The number of amides is 6. The molecule has 0 spiro atoms. The van der Waals surface area contributed by atoms with Gasteiger partial charge in [0.15, 0.2) is 11.7 Å². The van der Waals surface area contributed by atoms with Crippen molar-refractivity contribution < 1.29 is 47.9 Å². The highest BCUT2D eigenvalue weighted by atomic mass is 16.2. The number of fused-ring (bicyclic) bond motifs is 1. The largest absolute Gasteiger partial charge is 0.370 e. The van der Waals surface area contributed by atoms with Crippen LogP contribution in [0.4, 0.5) is 0 Å². The van der Waals surface area contributed by atoms with Crippen molar-refractivity contribution in [2.45, 2.75) is 134 Å². The summed E-state index contributed by atoms with van der Waals surface area (Å²) in [6, 6.07) is 11.1. The second-order valence-electron chi connectivity index (χ2n) is 19.4. The van der Waals surface area contributed by atoms with Gasteiger partial charge in [0.1, 0.15) is 35.5 Å². The third-order valence-corrected chi connectivity index (χ3v) is 13.5. The molecule has 3 heterocycles. The van der Waals surface area contributed by atoms with E-state index in [1.807, 2.05) is 31.2 Å². The number of para-hydroxylation sites is 1. The number of ketones is 4. The number of nitrogens with zero attached hydrogens (tertiary/aromatic N) is 2. The van der Waals surface area contributed by atoms with Crippen LogP contribution in [0.2, 0.25) is 0 Å². The van der Waals surface area contributed by atoms with E-state index in [4.69, 9.17) is 17.2 Å². The van der Waals surface area contributed by atoms with Crippen LogP contribution in [0.3, 0.4) is 0 Å². The van der Waals surface area contributed by atoms with Gasteiger partial charge >= 0.3 is 0 Å². The molecule has 22 nitrogen and oxygen atoms in total. The van der Waals surface area contributed by atoms with Gasteiger partial charge in [-0.3, -0.25) is 52.9 Å². The van der Waals surface area contributed by atoms with Gasteiger partial charge < -0.3 is 53.8 Å². The van der Waals surface area contributed by atoms with Crippen LogP contribution >= 0.6 is 0 Å². The summed E-state index contributed by atoms with van der Waals surface area (Å²) in [4.78, 5) is 153. The van der Waals surface area contributed by atoms with E-state index in [1.54, 1.807) is 36.5 Å². The van der Waals surface area contributed by atoms with E-state index >= 15 is 0 Å². The first-order valence-electron chi connectivity index (χ1n) is 25.9. The van der Waals surface area contributed by atoms with Crippen molar-refractivity contribution in [1.82, 2.24) is 41.5 Å². The van der Waals surface area contributed by atoms with E-state index in [0.29, 0.717) is 24.1 Å². The van der Waals surface area contributed by atoms with Crippen LogP contribution in [-0.2, 0) is 67.2 Å². The number of unbranched alkanes of at least 4 members (excludes halogenated alkanes) is 1. The molecule has 1 aliphatic heterocycles. The van der Waals surface area contributed by atoms with Gasteiger partial charge in [-0.05, 0) is 55.7 Å². The summed E-state index contributed by atoms with van der Waals surface area (Å²) in [5, 5.41) is 14.3. The number of nitrogens with one attached hydrogen (secondary N) is 7. The van der Waals surface area contributed by atoms with Gasteiger partial charge in [0.05, 0.1) is 12.4 Å². The Morgan fingerprint density at radius 1 is 0.829 bits per heavy atom. The summed E-state index contributed by atoms with van der Waals surface area (Å²) in [5.41, 5.74) is 19.7. The molecular formula is C54H72N12O10. The molecule has 0 unspecified atom stereocenters. The quantitative estimate of drug-likeness (QED) is 0.0342. The molecule has 1 saturated heterocycles. The van der Waals surface area contributed by atoms with E-state index in [0.717, 1.165) is 16.5 Å². The Labute approximate surface area is 441 Å². The number of primary amides is 1. The fourth-order valence-corrected chi connectivity index (χ4v) is 9.20. The van der Waals surface area contributed by atoms with Gasteiger partial charge in [-0.25, -0.2) is 4.98 Å². The predicted molar refractivity (Wildman–Crippen MR) is 282 cm³/mol. The lowest BCUT2D eigenvalue weighted by molar-refractivity contribution is -0.135. The van der Waals surface area contributed by atoms with E-state index in [-0.39, 0.29) is 89.7 Å². The minimum atomic E-state index is -1.42. The number of H-pyrrole nitrogens is 2. The lowest BCUT2D eigenvalue weighted by Gasteiger charge is -2.27. The van der Waals surface area contributed by atoms with Crippen molar-refractivity contribution in [3.8, 4) is 0 Å². The van der Waals surface area contributed by atoms with Crippen LogP contribution in [-0.4, -0.2) is 117 Å². The molecule has 408 valence electrons. The Hall–Kier alpha value is -8.04. The maximum Gasteiger partial charge on any atom is 0.243 e. The standard InChI is InChI=1S/C54H72N12O10/c1-3-4-15-42(63-32(2)67)51(74)64-43-19-17-39(68)18-20-49(72)61-29-37(47(70)25-35(50(55)73)23-36-28-60-41-16-9-8-14-40(36)41)26-46(69)34(13-10-21-59-54(56)57)24-48(71)44(22-33-11-6-5-7-12-33)65-53(76)45(66-52(43)75)27-38-30-58-31-62-38/h5-9,11-12,14,16,28,30-31,34-35,37,42-45,60H,3-4,10,13,15,17-27,29H2,1-2H3,(H2,55,73)(H,58,62)(H,61,72)(H,63,67)(H,64,74)(H,65,76)(H,66,75)(H4,56,57,59)/t34-,35-,37+,42+,43+,44-,45+/m1/s1. The lowest BCUT2D eigenvalue weighted by Crippen LogP contribution is -2.58. The minimum Gasteiger partial charge on any atom is -0.370 e. The monoisotopic (exact) mass is 1050 g/mol. The number of aliphatic imine (C=N–C) groups is 1. The summed E-state index contributed by atoms with van der Waals surface area (Å²) >= 11 is 0. The van der Waals surface area contributed by atoms with Crippen molar-refractivity contribution >= 4 is 75.4 Å². The minimum absolute atomic E-state index is 0.0355. The average molecular weight is 1050 g/mol. The number of hydrogen-bond acceptors (Lipinski definition) is 12. The zero-order valence-corrected chi connectivity index (χ0v) is 43.2. The SMILES string of the molecule is CCCC[C@H](NC(C)=O)C(=O)N[C@H]1CCC(=O)CCC(=O)NC[C@@H](C(=O)C[C@@H](Cc2c[nH]c3ccccc23)C(N)=O)CC(=O)[C@H](CCCN=C(N)N)CC(=O)[C@@H](Cc2ccccc2)NC(=O)[C@H](Cc2cnc[nH]2)NC1=O. The van der Waals surface area contributed by atoms with Gasteiger partial charge in [0, 0.05) is 112 Å². The number of aromatic amines is 2. The first kappa shape index (κ1) is 58.8. The molecule has 2 aromatic heterocycles. The Kier molecular flexibility index (Phi) is 23.0. The maximum absolute atomic E-state index is 14.8. The zero-order chi connectivity index (χ0) is 55.1. The molecule has 0 saturated carbocycles. The second-order valence-corrected chi connectivity index (χ2v) is 19.4. The number of hydrogen-bond donors (Lipinski definition) is 10. The third kappa shape index (κ3) is 19.0. The first-order valence-corrected chi connectivity index (χ1v) is 25.9.